The van der Waals surface area contributed by atoms with Gasteiger partial charge in [-0.2, -0.15) is 0 Å². The van der Waals surface area contributed by atoms with E-state index >= 15 is 0 Å². The highest BCUT2D eigenvalue weighted by Crippen LogP contribution is 2.34. The maximum Gasteiger partial charge on any atom is 0.412 e. The normalized spacial score (nSPS) is 12.8. The van der Waals surface area contributed by atoms with Crippen LogP contribution in [0.15, 0.2) is 54.6 Å². The van der Waals surface area contributed by atoms with Gasteiger partial charge in [0.05, 0.1) is 6.10 Å². The molecule has 9 heteroatoms. The number of halogens is 1. The number of carbonyl (C=O) groups is 3. The maximum absolute atomic E-state index is 12.7. The number of ether oxygens (including phenoxy) is 2. The molecule has 0 aliphatic carbocycles. The van der Waals surface area contributed by atoms with Crippen LogP contribution in [0, 0.1) is 3.57 Å². The Labute approximate surface area is 205 Å². The molecule has 0 heterocycles. The van der Waals surface area contributed by atoms with Crippen molar-refractivity contribution in [2.24, 2.45) is 0 Å². The molecule has 2 atom stereocenters. The fraction of sp³-hybridized carbons (Fsp3) is 0.292. The van der Waals surface area contributed by atoms with Gasteiger partial charge in [0.15, 0.2) is 11.9 Å². The molecule has 8 nitrogen and oxygen atoms in total. The minimum absolute atomic E-state index is 0.0511. The molecule has 0 saturated heterocycles. The zero-order valence-electron chi connectivity index (χ0n) is 18.3. The number of aromatic hydroxyl groups is 1. The van der Waals surface area contributed by atoms with Gasteiger partial charge >= 0.3 is 12.1 Å². The minimum atomic E-state index is -1.05. The van der Waals surface area contributed by atoms with E-state index in [0.29, 0.717) is 36.3 Å². The number of carboxylic acids is 1. The summed E-state index contributed by atoms with van der Waals surface area (Å²) >= 11 is 2.09. The number of ketones is 1. The van der Waals surface area contributed by atoms with E-state index in [2.05, 4.69) is 27.9 Å². The molecule has 2 rings (SSSR count). The van der Waals surface area contributed by atoms with Gasteiger partial charge in [0.25, 0.3) is 0 Å². The second-order valence-corrected chi connectivity index (χ2v) is 8.34. The van der Waals surface area contributed by atoms with Crippen molar-refractivity contribution in [1.82, 2.24) is 0 Å². The Bertz CT molecular complexity index is 1000. The van der Waals surface area contributed by atoms with E-state index in [1.165, 1.54) is 19.1 Å². The van der Waals surface area contributed by atoms with Gasteiger partial charge in [-0.3, -0.25) is 10.1 Å². The highest BCUT2D eigenvalue weighted by molar-refractivity contribution is 14.1. The minimum Gasteiger partial charge on any atom is -0.508 e. The van der Waals surface area contributed by atoms with Crippen LogP contribution in [0.2, 0.25) is 0 Å². The van der Waals surface area contributed by atoms with Gasteiger partial charge in [0.2, 0.25) is 0 Å². The largest absolute Gasteiger partial charge is 0.508 e. The number of phenolic OH excluding ortho intramolecular Hbond substituents is 1. The first kappa shape index (κ1) is 26.3. The van der Waals surface area contributed by atoms with Gasteiger partial charge in [-0.1, -0.05) is 6.08 Å². The molecule has 0 saturated carbocycles. The average molecular weight is 567 g/mol. The number of hydrogen-bond donors (Lipinski definition) is 3. The first-order chi connectivity index (χ1) is 15.7. The summed E-state index contributed by atoms with van der Waals surface area (Å²) in [6.45, 7) is 3.57. The predicted molar refractivity (Wildman–Crippen MR) is 132 cm³/mol. The number of benzene rings is 2. The predicted octanol–water partition coefficient (Wildman–Crippen LogP) is 5.32. The zero-order chi connectivity index (χ0) is 24.4. The fourth-order valence-electron chi connectivity index (χ4n) is 3.12. The quantitative estimate of drug-likeness (QED) is 0.191. The smallest absolute Gasteiger partial charge is 0.412 e. The maximum atomic E-state index is 12.7. The molecule has 0 aromatic heterocycles. The number of aliphatic carboxylic acids is 1. The van der Waals surface area contributed by atoms with Crippen molar-refractivity contribution in [3.8, 4) is 5.75 Å². The van der Waals surface area contributed by atoms with E-state index in [0.717, 1.165) is 9.65 Å². The van der Waals surface area contributed by atoms with Gasteiger partial charge in [-0.25, -0.2) is 9.59 Å². The Morgan fingerprint density at radius 3 is 2.45 bits per heavy atom. The number of carboxylic acid groups (broad SMARTS) is 1. The highest BCUT2D eigenvalue weighted by Gasteiger charge is 2.30. The number of amides is 1. The lowest BCUT2D eigenvalue weighted by Crippen LogP contribution is -2.29. The molecule has 0 bridgehead atoms. The zero-order valence-corrected chi connectivity index (χ0v) is 20.4. The summed E-state index contributed by atoms with van der Waals surface area (Å²) in [5.41, 5.74) is 1.33. The third-order valence-corrected chi connectivity index (χ3v) is 5.34. The Morgan fingerprint density at radius 1 is 1.15 bits per heavy atom. The standard InChI is InChI=1S/C24H26INO7/c1-3-32-21(6-4-5-7-22(29)30)23(19-14-17(25)10-13-20(19)28)33-24(31)26-18-11-8-16(9-12-18)15(2)27/h5,7-14,21,23,28H,3-4,6H2,1-2H3,(H,26,31)(H,29,30)/b7-5+/t21-,23-/m1/s1. The van der Waals surface area contributed by atoms with Gasteiger partial charge in [0, 0.05) is 33.1 Å². The molecule has 176 valence electrons. The van der Waals surface area contributed by atoms with Crippen LogP contribution in [-0.2, 0) is 14.3 Å². The molecule has 1 amide bonds. The summed E-state index contributed by atoms with van der Waals surface area (Å²) in [6.07, 6.45) is 0.914. The molecule has 0 aliphatic heterocycles. The molecule has 0 spiro atoms. The van der Waals surface area contributed by atoms with Crippen LogP contribution in [0.5, 0.6) is 5.75 Å². The summed E-state index contributed by atoms with van der Waals surface area (Å²) in [5.74, 6) is -1.19. The van der Waals surface area contributed by atoms with Crippen LogP contribution in [0.3, 0.4) is 0 Å². The van der Waals surface area contributed by atoms with E-state index < -0.39 is 24.3 Å². The van der Waals surface area contributed by atoms with Crippen LogP contribution < -0.4 is 5.32 Å². The Hall–Kier alpha value is -2.92. The third-order valence-electron chi connectivity index (χ3n) is 4.66. The lowest BCUT2D eigenvalue weighted by molar-refractivity contribution is -0.131. The molecule has 2 aromatic carbocycles. The van der Waals surface area contributed by atoms with Crippen molar-refractivity contribution in [3.05, 3.63) is 69.3 Å². The summed E-state index contributed by atoms with van der Waals surface area (Å²) < 4.78 is 12.3. The van der Waals surface area contributed by atoms with Crippen molar-refractivity contribution in [3.63, 3.8) is 0 Å². The van der Waals surface area contributed by atoms with Crippen molar-refractivity contribution in [2.45, 2.75) is 38.9 Å². The second kappa shape index (κ2) is 12.9. The van der Waals surface area contributed by atoms with Crippen molar-refractivity contribution >= 4 is 46.1 Å². The number of nitrogens with one attached hydrogen (secondary N) is 1. The van der Waals surface area contributed by atoms with Gasteiger partial charge < -0.3 is 19.7 Å². The molecule has 33 heavy (non-hydrogen) atoms. The molecular formula is C24H26INO7. The number of phenols is 1. The number of rotatable bonds is 11. The Morgan fingerprint density at radius 2 is 1.85 bits per heavy atom. The fourth-order valence-corrected chi connectivity index (χ4v) is 3.64. The summed E-state index contributed by atoms with van der Waals surface area (Å²) in [7, 11) is 0. The third kappa shape index (κ3) is 8.50. The van der Waals surface area contributed by atoms with Gasteiger partial charge in [0.1, 0.15) is 5.75 Å². The first-order valence-electron chi connectivity index (χ1n) is 10.3. The lowest BCUT2D eigenvalue weighted by atomic mass is 9.99. The van der Waals surface area contributed by atoms with Crippen molar-refractivity contribution < 1.29 is 34.1 Å². The summed E-state index contributed by atoms with van der Waals surface area (Å²) in [4.78, 5) is 34.9. The van der Waals surface area contributed by atoms with E-state index in [1.54, 1.807) is 43.3 Å². The Balaban J connectivity index is 2.26. The number of Topliss-reactive ketones (excluding diaryl/α,β-unsaturated/α-hetero) is 1. The van der Waals surface area contributed by atoms with Crippen LogP contribution in [0.1, 0.15) is 48.7 Å². The first-order valence-corrected chi connectivity index (χ1v) is 11.4. The summed E-state index contributed by atoms with van der Waals surface area (Å²) in [6, 6.07) is 11.3. The molecule has 0 unspecified atom stereocenters. The van der Waals surface area contributed by atoms with Gasteiger partial charge in [-0.15, -0.1) is 0 Å². The monoisotopic (exact) mass is 567 g/mol. The molecule has 0 radical (unpaired) electrons. The topological polar surface area (TPSA) is 122 Å². The molecular weight excluding hydrogens is 541 g/mol. The van der Waals surface area contributed by atoms with Crippen LogP contribution >= 0.6 is 22.6 Å². The van der Waals surface area contributed by atoms with Crippen molar-refractivity contribution in [2.75, 3.05) is 11.9 Å². The van der Waals surface area contributed by atoms with Gasteiger partial charge in [-0.05, 0) is 91.7 Å². The number of hydrogen-bond acceptors (Lipinski definition) is 6. The molecule has 2 aromatic rings. The van der Waals surface area contributed by atoms with Crippen LogP contribution in [0.4, 0.5) is 10.5 Å². The second-order valence-electron chi connectivity index (χ2n) is 7.10. The lowest BCUT2D eigenvalue weighted by Gasteiger charge is -2.28. The highest BCUT2D eigenvalue weighted by atomic mass is 127. The van der Waals surface area contributed by atoms with Crippen LogP contribution in [0.25, 0.3) is 0 Å². The van der Waals surface area contributed by atoms with E-state index in [-0.39, 0.29) is 11.5 Å². The number of anilines is 1. The molecule has 0 fully saturated rings. The van der Waals surface area contributed by atoms with E-state index in [4.69, 9.17) is 14.6 Å². The van der Waals surface area contributed by atoms with E-state index in [1.807, 2.05) is 0 Å². The van der Waals surface area contributed by atoms with Crippen molar-refractivity contribution in [1.29, 1.82) is 0 Å². The molecule has 3 N–H and O–H groups in total. The van der Waals surface area contributed by atoms with E-state index in [9.17, 15) is 19.5 Å². The number of carbonyl (C=O) groups excluding carboxylic acids is 2. The Kier molecular flexibility index (Phi) is 10.3. The number of allylic oxidation sites excluding steroid dienone is 1. The SMILES string of the molecule is CCO[C@H](CC/C=C/C(=O)O)[C@H](OC(=O)Nc1ccc(C(C)=O)cc1)c1cc(I)ccc1O. The van der Waals surface area contributed by atoms with Crippen LogP contribution in [-0.4, -0.2) is 40.8 Å². The average Bonchev–Trinajstić information content (AvgIpc) is 2.76. The molecule has 0 aliphatic rings. The summed E-state index contributed by atoms with van der Waals surface area (Å²) in [5, 5.41) is 21.9.